The minimum absolute atomic E-state index is 0.452. The third-order valence-corrected chi connectivity index (χ3v) is 3.66. The molecule has 0 aliphatic rings. The molecule has 0 radical (unpaired) electrons. The Hall–Kier alpha value is -1.96. The molecule has 0 bridgehead atoms. The maximum atomic E-state index is 5.18. The number of hydrogen-bond acceptors (Lipinski definition) is 2. The Bertz CT molecular complexity index is 554. The fourth-order valence-corrected chi connectivity index (χ4v) is 2.59. The Kier molecular flexibility index (Phi) is 5.26. The fourth-order valence-electron chi connectivity index (χ4n) is 2.59. The molecule has 1 unspecified atom stereocenters. The molecule has 0 amide bonds. The summed E-state index contributed by atoms with van der Waals surface area (Å²) in [5.74, 6) is 0.917. The Morgan fingerprint density at radius 1 is 1.00 bits per heavy atom. The lowest BCUT2D eigenvalue weighted by Crippen LogP contribution is -2.16. The van der Waals surface area contributed by atoms with Gasteiger partial charge in [-0.25, -0.2) is 0 Å². The summed E-state index contributed by atoms with van der Waals surface area (Å²) in [7, 11) is 1.70. The van der Waals surface area contributed by atoms with Gasteiger partial charge in [0.05, 0.1) is 7.11 Å². The van der Waals surface area contributed by atoms with Gasteiger partial charge in [-0.1, -0.05) is 18.2 Å². The van der Waals surface area contributed by atoms with Crippen molar-refractivity contribution in [1.82, 2.24) is 0 Å². The Balaban J connectivity index is 1.87. The van der Waals surface area contributed by atoms with Crippen LogP contribution in [-0.4, -0.2) is 13.2 Å². The highest BCUT2D eigenvalue weighted by molar-refractivity contribution is 5.48. The molecule has 2 aromatic carbocycles. The first-order valence-corrected chi connectivity index (χ1v) is 7.54. The van der Waals surface area contributed by atoms with Crippen LogP contribution in [0.5, 0.6) is 5.75 Å². The second-order valence-corrected chi connectivity index (χ2v) is 5.81. The second-order valence-electron chi connectivity index (χ2n) is 5.81. The van der Waals surface area contributed by atoms with Gasteiger partial charge in [0.2, 0.25) is 0 Å². The molecule has 112 valence electrons. The second kappa shape index (κ2) is 7.16. The molecule has 2 rings (SSSR count). The molecular formula is C19H25NO. The van der Waals surface area contributed by atoms with E-state index in [0.717, 1.165) is 18.6 Å². The van der Waals surface area contributed by atoms with E-state index in [-0.39, 0.29) is 0 Å². The van der Waals surface area contributed by atoms with Crippen LogP contribution in [0.1, 0.15) is 30.0 Å². The summed E-state index contributed by atoms with van der Waals surface area (Å²) in [5, 5.41) is 3.59. The molecular weight excluding hydrogens is 258 g/mol. The first-order valence-electron chi connectivity index (χ1n) is 7.54. The molecule has 2 heteroatoms. The summed E-state index contributed by atoms with van der Waals surface area (Å²) in [6, 6.07) is 15.4. The highest BCUT2D eigenvalue weighted by Gasteiger charge is 2.04. The summed E-state index contributed by atoms with van der Waals surface area (Å²) < 4.78 is 5.18. The molecule has 2 nitrogen and oxygen atoms in total. The van der Waals surface area contributed by atoms with Gasteiger partial charge in [0.25, 0.3) is 0 Å². The third kappa shape index (κ3) is 4.82. The van der Waals surface area contributed by atoms with E-state index in [1.807, 2.05) is 12.1 Å². The zero-order chi connectivity index (χ0) is 15.2. The minimum atomic E-state index is 0.452. The van der Waals surface area contributed by atoms with Crippen molar-refractivity contribution in [2.75, 3.05) is 12.4 Å². The van der Waals surface area contributed by atoms with E-state index >= 15 is 0 Å². The number of hydrogen-bond donors (Lipinski definition) is 1. The van der Waals surface area contributed by atoms with Crippen molar-refractivity contribution >= 4 is 5.69 Å². The van der Waals surface area contributed by atoms with Crippen molar-refractivity contribution in [2.24, 2.45) is 0 Å². The summed E-state index contributed by atoms with van der Waals surface area (Å²) in [6.45, 7) is 6.52. The standard InChI is InChI=1S/C19H25NO/c1-14-11-15(2)13-18(12-14)20-16(3)5-6-17-7-9-19(21-4)10-8-17/h7-13,16,20H,5-6H2,1-4H3. The van der Waals surface area contributed by atoms with E-state index in [2.05, 4.69) is 56.4 Å². The molecule has 0 spiro atoms. The lowest BCUT2D eigenvalue weighted by Gasteiger charge is -2.16. The predicted octanol–water partition coefficient (Wildman–Crippen LogP) is 4.75. The van der Waals surface area contributed by atoms with Crippen molar-refractivity contribution in [3.8, 4) is 5.75 Å². The van der Waals surface area contributed by atoms with Gasteiger partial charge in [0, 0.05) is 11.7 Å². The molecule has 1 N–H and O–H groups in total. The lowest BCUT2D eigenvalue weighted by molar-refractivity contribution is 0.414. The largest absolute Gasteiger partial charge is 0.497 e. The van der Waals surface area contributed by atoms with Gasteiger partial charge < -0.3 is 10.1 Å². The number of methoxy groups -OCH3 is 1. The van der Waals surface area contributed by atoms with E-state index in [1.54, 1.807) is 7.11 Å². The Morgan fingerprint density at radius 2 is 1.62 bits per heavy atom. The van der Waals surface area contributed by atoms with Crippen molar-refractivity contribution in [1.29, 1.82) is 0 Å². The molecule has 21 heavy (non-hydrogen) atoms. The average molecular weight is 283 g/mol. The molecule has 0 fully saturated rings. The molecule has 2 aromatic rings. The highest BCUT2D eigenvalue weighted by Crippen LogP contribution is 2.17. The van der Waals surface area contributed by atoms with E-state index in [4.69, 9.17) is 4.74 Å². The van der Waals surface area contributed by atoms with Crippen molar-refractivity contribution < 1.29 is 4.74 Å². The van der Waals surface area contributed by atoms with Crippen LogP contribution >= 0.6 is 0 Å². The quantitative estimate of drug-likeness (QED) is 0.826. The van der Waals surface area contributed by atoms with Gasteiger partial charge >= 0.3 is 0 Å². The number of ether oxygens (including phenoxy) is 1. The topological polar surface area (TPSA) is 21.3 Å². The van der Waals surface area contributed by atoms with E-state index in [1.165, 1.54) is 22.4 Å². The van der Waals surface area contributed by atoms with E-state index < -0.39 is 0 Å². The third-order valence-electron chi connectivity index (χ3n) is 3.66. The molecule has 0 aliphatic heterocycles. The van der Waals surface area contributed by atoms with Crippen LogP contribution < -0.4 is 10.1 Å². The maximum absolute atomic E-state index is 5.18. The van der Waals surface area contributed by atoms with Crippen LogP contribution in [0.15, 0.2) is 42.5 Å². The highest BCUT2D eigenvalue weighted by atomic mass is 16.5. The van der Waals surface area contributed by atoms with Crippen LogP contribution in [0.4, 0.5) is 5.69 Å². The van der Waals surface area contributed by atoms with Gasteiger partial charge in [-0.3, -0.25) is 0 Å². The monoisotopic (exact) mass is 283 g/mol. The normalized spacial score (nSPS) is 12.0. The molecule has 0 aromatic heterocycles. The Labute approximate surface area is 128 Å². The van der Waals surface area contributed by atoms with Crippen LogP contribution in [0, 0.1) is 13.8 Å². The molecule has 0 saturated heterocycles. The first kappa shape index (κ1) is 15.4. The summed E-state index contributed by atoms with van der Waals surface area (Å²) >= 11 is 0. The summed E-state index contributed by atoms with van der Waals surface area (Å²) in [5.41, 5.74) is 5.18. The molecule has 1 atom stereocenters. The summed E-state index contributed by atoms with van der Waals surface area (Å²) in [6.07, 6.45) is 2.18. The molecule has 0 saturated carbocycles. The SMILES string of the molecule is COc1ccc(CCC(C)Nc2cc(C)cc(C)c2)cc1. The zero-order valence-corrected chi connectivity index (χ0v) is 13.4. The van der Waals surface area contributed by atoms with Crippen LogP contribution in [0.3, 0.4) is 0 Å². The smallest absolute Gasteiger partial charge is 0.118 e. The number of aryl methyl sites for hydroxylation is 3. The van der Waals surface area contributed by atoms with Gasteiger partial charge in [0.1, 0.15) is 5.75 Å². The van der Waals surface area contributed by atoms with Crippen molar-refractivity contribution in [3.05, 3.63) is 59.2 Å². The van der Waals surface area contributed by atoms with Crippen molar-refractivity contribution in [3.63, 3.8) is 0 Å². The number of rotatable bonds is 6. The van der Waals surface area contributed by atoms with Crippen LogP contribution in [0.2, 0.25) is 0 Å². The first-order chi connectivity index (χ1) is 10.1. The number of anilines is 1. The van der Waals surface area contributed by atoms with Gasteiger partial charge in [-0.15, -0.1) is 0 Å². The van der Waals surface area contributed by atoms with Crippen LogP contribution in [0.25, 0.3) is 0 Å². The predicted molar refractivity (Wildman–Crippen MR) is 90.3 cm³/mol. The van der Waals surface area contributed by atoms with E-state index in [0.29, 0.717) is 6.04 Å². The van der Waals surface area contributed by atoms with Gasteiger partial charge in [-0.2, -0.15) is 0 Å². The molecule has 0 aliphatic carbocycles. The van der Waals surface area contributed by atoms with Crippen LogP contribution in [-0.2, 0) is 6.42 Å². The Morgan fingerprint density at radius 3 is 2.19 bits per heavy atom. The lowest BCUT2D eigenvalue weighted by atomic mass is 10.1. The van der Waals surface area contributed by atoms with E-state index in [9.17, 15) is 0 Å². The van der Waals surface area contributed by atoms with Crippen molar-refractivity contribution in [2.45, 2.75) is 39.7 Å². The van der Waals surface area contributed by atoms with Gasteiger partial charge in [0.15, 0.2) is 0 Å². The fraction of sp³-hybridized carbons (Fsp3) is 0.368. The summed E-state index contributed by atoms with van der Waals surface area (Å²) in [4.78, 5) is 0. The zero-order valence-electron chi connectivity index (χ0n) is 13.4. The number of benzene rings is 2. The number of nitrogens with one attached hydrogen (secondary N) is 1. The molecule has 0 heterocycles. The van der Waals surface area contributed by atoms with Gasteiger partial charge in [-0.05, 0) is 74.6 Å². The maximum Gasteiger partial charge on any atom is 0.118 e. The minimum Gasteiger partial charge on any atom is -0.497 e. The average Bonchev–Trinajstić information content (AvgIpc) is 2.44.